The van der Waals surface area contributed by atoms with Crippen LogP contribution in [0.25, 0.3) is 11.1 Å². The SMILES string of the molecule is O=[N+]([O-])c1ccccc1S(=O)(=O)NC1CCC(c2coc3cccnc23)CC1. The number of benzene rings is 1. The molecule has 2 heterocycles. The summed E-state index contributed by atoms with van der Waals surface area (Å²) in [6, 6.07) is 8.83. The fourth-order valence-electron chi connectivity index (χ4n) is 3.82. The molecule has 0 unspecified atom stereocenters. The molecule has 0 amide bonds. The van der Waals surface area contributed by atoms with Gasteiger partial charge in [0.05, 0.1) is 11.2 Å². The van der Waals surface area contributed by atoms with E-state index in [0.29, 0.717) is 12.8 Å². The van der Waals surface area contributed by atoms with Crippen LogP contribution < -0.4 is 4.72 Å². The first kappa shape index (κ1) is 18.6. The Bertz CT molecular complexity index is 1120. The van der Waals surface area contributed by atoms with E-state index in [-0.39, 0.29) is 16.9 Å². The lowest BCUT2D eigenvalue weighted by molar-refractivity contribution is -0.387. The maximum Gasteiger partial charge on any atom is 0.289 e. The zero-order chi connectivity index (χ0) is 19.7. The molecule has 1 aromatic carbocycles. The van der Waals surface area contributed by atoms with Gasteiger partial charge in [-0.3, -0.25) is 15.1 Å². The van der Waals surface area contributed by atoms with Crippen molar-refractivity contribution >= 4 is 26.8 Å². The Balaban J connectivity index is 1.47. The van der Waals surface area contributed by atoms with Crippen molar-refractivity contribution in [2.75, 3.05) is 0 Å². The van der Waals surface area contributed by atoms with Gasteiger partial charge in [-0.25, -0.2) is 13.1 Å². The molecule has 28 heavy (non-hydrogen) atoms. The lowest BCUT2D eigenvalue weighted by Gasteiger charge is -2.28. The number of nitrogens with one attached hydrogen (secondary N) is 1. The first-order valence-corrected chi connectivity index (χ1v) is 10.5. The Morgan fingerprint density at radius 2 is 1.86 bits per heavy atom. The topological polar surface area (TPSA) is 115 Å². The molecule has 1 fully saturated rings. The second-order valence-corrected chi connectivity index (χ2v) is 8.62. The van der Waals surface area contributed by atoms with E-state index >= 15 is 0 Å². The molecule has 0 aliphatic heterocycles. The number of sulfonamides is 1. The number of hydrogen-bond acceptors (Lipinski definition) is 6. The molecule has 0 spiro atoms. The highest BCUT2D eigenvalue weighted by Crippen LogP contribution is 2.37. The number of fused-ring (bicyclic) bond motifs is 1. The van der Waals surface area contributed by atoms with Crippen LogP contribution in [0.2, 0.25) is 0 Å². The van der Waals surface area contributed by atoms with Crippen molar-refractivity contribution in [1.82, 2.24) is 9.71 Å². The number of aromatic nitrogens is 1. The molecular formula is C19H19N3O5S. The summed E-state index contributed by atoms with van der Waals surface area (Å²) in [5.41, 5.74) is 2.23. The van der Waals surface area contributed by atoms with Crippen molar-refractivity contribution in [2.45, 2.75) is 42.5 Å². The van der Waals surface area contributed by atoms with E-state index < -0.39 is 20.6 Å². The van der Waals surface area contributed by atoms with E-state index in [4.69, 9.17) is 4.42 Å². The molecule has 1 aliphatic carbocycles. The monoisotopic (exact) mass is 401 g/mol. The molecule has 3 aromatic rings. The molecule has 1 saturated carbocycles. The Morgan fingerprint density at radius 3 is 2.61 bits per heavy atom. The molecular weight excluding hydrogens is 382 g/mol. The first-order valence-electron chi connectivity index (χ1n) is 9.03. The molecule has 8 nitrogen and oxygen atoms in total. The van der Waals surface area contributed by atoms with Crippen molar-refractivity contribution in [3.05, 3.63) is 64.5 Å². The minimum absolute atomic E-state index is 0.253. The van der Waals surface area contributed by atoms with Gasteiger partial charge in [0.25, 0.3) is 5.69 Å². The Morgan fingerprint density at radius 1 is 1.11 bits per heavy atom. The van der Waals surface area contributed by atoms with E-state index in [1.54, 1.807) is 12.5 Å². The number of hydrogen-bond donors (Lipinski definition) is 1. The molecule has 0 radical (unpaired) electrons. The van der Waals surface area contributed by atoms with Crippen LogP contribution in [-0.4, -0.2) is 24.4 Å². The number of nitro benzene ring substituents is 1. The highest BCUT2D eigenvalue weighted by molar-refractivity contribution is 7.89. The number of nitro groups is 1. The standard InChI is InChI=1S/C19H19N3O5S/c23-22(24)16-4-1-2-6-18(16)28(25,26)21-14-9-7-13(8-10-14)15-12-27-17-5-3-11-20-19(15)17/h1-6,11-14,21H,7-10H2. The molecule has 9 heteroatoms. The Labute approximate surface area is 161 Å². The molecule has 1 aliphatic rings. The van der Waals surface area contributed by atoms with Gasteiger partial charge in [0.15, 0.2) is 10.5 Å². The van der Waals surface area contributed by atoms with Gasteiger partial charge in [0, 0.05) is 23.9 Å². The smallest absolute Gasteiger partial charge is 0.289 e. The summed E-state index contributed by atoms with van der Waals surface area (Å²) in [4.78, 5) is 14.6. The van der Waals surface area contributed by atoms with Crippen molar-refractivity contribution in [3.63, 3.8) is 0 Å². The third-order valence-electron chi connectivity index (χ3n) is 5.20. The summed E-state index contributed by atoms with van der Waals surface area (Å²) < 4.78 is 33.5. The molecule has 0 bridgehead atoms. The maximum atomic E-state index is 12.7. The second-order valence-electron chi connectivity index (χ2n) is 6.94. The summed E-state index contributed by atoms with van der Waals surface area (Å²) in [7, 11) is -3.96. The highest BCUT2D eigenvalue weighted by Gasteiger charge is 2.31. The Hall–Kier alpha value is -2.78. The van der Waals surface area contributed by atoms with Crippen LogP contribution in [0.1, 0.15) is 37.2 Å². The Kier molecular flexibility index (Phi) is 4.86. The highest BCUT2D eigenvalue weighted by atomic mass is 32.2. The van der Waals surface area contributed by atoms with E-state index in [1.807, 2.05) is 12.1 Å². The van der Waals surface area contributed by atoms with Crippen molar-refractivity contribution in [2.24, 2.45) is 0 Å². The quantitative estimate of drug-likeness (QED) is 0.514. The average molecular weight is 401 g/mol. The van der Waals surface area contributed by atoms with Crippen LogP contribution in [-0.2, 0) is 10.0 Å². The van der Waals surface area contributed by atoms with E-state index in [2.05, 4.69) is 9.71 Å². The second kappa shape index (κ2) is 7.33. The minimum Gasteiger partial charge on any atom is -0.462 e. The summed E-state index contributed by atoms with van der Waals surface area (Å²) in [5, 5.41) is 11.1. The van der Waals surface area contributed by atoms with E-state index in [9.17, 15) is 18.5 Å². The van der Waals surface area contributed by atoms with Crippen LogP contribution in [0.5, 0.6) is 0 Å². The third kappa shape index (κ3) is 3.50. The average Bonchev–Trinajstić information content (AvgIpc) is 3.12. The van der Waals surface area contributed by atoms with Crippen molar-refractivity contribution in [1.29, 1.82) is 0 Å². The van der Waals surface area contributed by atoms with Crippen LogP contribution in [0.15, 0.2) is 58.2 Å². The predicted octanol–water partition coefficient (Wildman–Crippen LogP) is 3.74. The molecule has 4 rings (SSSR count). The molecule has 1 N–H and O–H groups in total. The largest absolute Gasteiger partial charge is 0.462 e. The van der Waals surface area contributed by atoms with Gasteiger partial charge in [0.1, 0.15) is 5.52 Å². The summed E-state index contributed by atoms with van der Waals surface area (Å²) in [5.74, 6) is 0.253. The minimum atomic E-state index is -3.96. The number of furan rings is 1. The van der Waals surface area contributed by atoms with Crippen LogP contribution in [0, 0.1) is 10.1 Å². The zero-order valence-corrected chi connectivity index (χ0v) is 15.8. The summed E-state index contributed by atoms with van der Waals surface area (Å²) in [6.07, 6.45) is 6.33. The third-order valence-corrected chi connectivity index (χ3v) is 6.77. The summed E-state index contributed by atoms with van der Waals surface area (Å²) >= 11 is 0. The van der Waals surface area contributed by atoms with E-state index in [1.165, 1.54) is 24.3 Å². The number of pyridine rings is 1. The van der Waals surface area contributed by atoms with E-state index in [0.717, 1.165) is 29.5 Å². The number of nitrogens with zero attached hydrogens (tertiary/aromatic N) is 2. The maximum absolute atomic E-state index is 12.7. The van der Waals surface area contributed by atoms with Crippen LogP contribution in [0.4, 0.5) is 5.69 Å². The van der Waals surface area contributed by atoms with Gasteiger partial charge in [-0.05, 0) is 49.8 Å². The van der Waals surface area contributed by atoms with Crippen molar-refractivity contribution in [3.8, 4) is 0 Å². The number of rotatable bonds is 5. The van der Waals surface area contributed by atoms with Gasteiger partial charge >= 0.3 is 0 Å². The van der Waals surface area contributed by atoms with Crippen LogP contribution in [0.3, 0.4) is 0 Å². The van der Waals surface area contributed by atoms with Gasteiger partial charge in [0.2, 0.25) is 10.0 Å². The summed E-state index contributed by atoms with van der Waals surface area (Å²) in [6.45, 7) is 0. The van der Waals surface area contributed by atoms with Gasteiger partial charge in [-0.2, -0.15) is 0 Å². The number of para-hydroxylation sites is 1. The first-order chi connectivity index (χ1) is 13.5. The lowest BCUT2D eigenvalue weighted by atomic mass is 9.82. The normalized spacial score (nSPS) is 20.3. The van der Waals surface area contributed by atoms with Crippen LogP contribution >= 0.6 is 0 Å². The molecule has 2 aromatic heterocycles. The molecule has 0 atom stereocenters. The fourth-order valence-corrected chi connectivity index (χ4v) is 5.29. The van der Waals surface area contributed by atoms with Gasteiger partial charge in [-0.15, -0.1) is 0 Å². The molecule has 146 valence electrons. The fraction of sp³-hybridized carbons (Fsp3) is 0.316. The predicted molar refractivity (Wildman–Crippen MR) is 102 cm³/mol. The van der Waals surface area contributed by atoms with Gasteiger partial charge in [-0.1, -0.05) is 12.1 Å². The zero-order valence-electron chi connectivity index (χ0n) is 14.9. The lowest BCUT2D eigenvalue weighted by Crippen LogP contribution is -2.37. The van der Waals surface area contributed by atoms with Gasteiger partial charge < -0.3 is 4.42 Å². The molecule has 0 saturated heterocycles. The van der Waals surface area contributed by atoms with Crippen molar-refractivity contribution < 1.29 is 17.8 Å².